The molecular formula is C12H19N3OS. The van der Waals surface area contributed by atoms with Gasteiger partial charge in [0.05, 0.1) is 5.01 Å². The van der Waals surface area contributed by atoms with Gasteiger partial charge in [0.15, 0.2) is 0 Å². The van der Waals surface area contributed by atoms with Gasteiger partial charge in [-0.25, -0.2) is 4.98 Å². The third-order valence-electron chi connectivity index (χ3n) is 3.42. The number of carbonyl (C=O) groups is 1. The summed E-state index contributed by atoms with van der Waals surface area (Å²) in [6, 6.07) is 0. The second-order valence-electron chi connectivity index (χ2n) is 4.50. The van der Waals surface area contributed by atoms with Crippen molar-refractivity contribution in [3.63, 3.8) is 0 Å². The van der Waals surface area contributed by atoms with E-state index in [1.54, 1.807) is 17.5 Å². The second-order valence-corrected chi connectivity index (χ2v) is 5.48. The van der Waals surface area contributed by atoms with Crippen LogP contribution in [0.1, 0.15) is 24.3 Å². The number of nitrogens with one attached hydrogen (secondary N) is 1. The Bertz CT molecular complexity index is 353. The first-order valence-electron chi connectivity index (χ1n) is 6.17. The summed E-state index contributed by atoms with van der Waals surface area (Å²) in [4.78, 5) is 16.1. The highest BCUT2D eigenvalue weighted by Gasteiger charge is 2.31. The minimum absolute atomic E-state index is 0.135. The van der Waals surface area contributed by atoms with Gasteiger partial charge in [-0.2, -0.15) is 0 Å². The molecule has 17 heavy (non-hydrogen) atoms. The molecule has 1 fully saturated rings. The van der Waals surface area contributed by atoms with E-state index in [1.807, 2.05) is 5.38 Å². The van der Waals surface area contributed by atoms with Crippen molar-refractivity contribution in [3.05, 3.63) is 16.6 Å². The highest BCUT2D eigenvalue weighted by molar-refractivity contribution is 7.09. The molecule has 1 heterocycles. The van der Waals surface area contributed by atoms with Gasteiger partial charge in [-0.3, -0.25) is 4.79 Å². The molecule has 1 aliphatic carbocycles. The summed E-state index contributed by atoms with van der Waals surface area (Å²) >= 11 is 1.63. The van der Waals surface area contributed by atoms with E-state index in [9.17, 15) is 4.79 Å². The summed E-state index contributed by atoms with van der Waals surface area (Å²) in [5.74, 6) is 0.695. The Balaban J connectivity index is 1.73. The van der Waals surface area contributed by atoms with Gasteiger partial charge < -0.3 is 11.1 Å². The number of nitrogens with zero attached hydrogens (tertiary/aromatic N) is 1. The van der Waals surface area contributed by atoms with Crippen LogP contribution in [0.3, 0.4) is 0 Å². The maximum atomic E-state index is 12.0. The lowest BCUT2D eigenvalue weighted by atomic mass is 9.95. The van der Waals surface area contributed by atoms with Crippen molar-refractivity contribution in [2.45, 2.75) is 25.7 Å². The maximum Gasteiger partial charge on any atom is 0.223 e. The van der Waals surface area contributed by atoms with Gasteiger partial charge in [-0.15, -0.1) is 11.3 Å². The van der Waals surface area contributed by atoms with Crippen LogP contribution < -0.4 is 11.1 Å². The summed E-state index contributed by atoms with van der Waals surface area (Å²) in [7, 11) is 0. The predicted molar refractivity (Wildman–Crippen MR) is 68.7 cm³/mol. The molecule has 1 aromatic rings. The molecule has 1 aromatic heterocycles. The predicted octanol–water partition coefficient (Wildman–Crippen LogP) is 1.18. The molecule has 0 bridgehead atoms. The summed E-state index contributed by atoms with van der Waals surface area (Å²) in [6.07, 6.45) is 5.84. The number of hydrogen-bond donors (Lipinski definition) is 2. The number of hydrogen-bond acceptors (Lipinski definition) is 4. The smallest absolute Gasteiger partial charge is 0.223 e. The highest BCUT2D eigenvalue weighted by Crippen LogP contribution is 2.30. The molecule has 0 aromatic carbocycles. The molecule has 2 rings (SSSR count). The fourth-order valence-corrected chi connectivity index (χ4v) is 3.08. The van der Waals surface area contributed by atoms with Crippen molar-refractivity contribution >= 4 is 17.2 Å². The number of amides is 1. The van der Waals surface area contributed by atoms with Crippen molar-refractivity contribution in [1.82, 2.24) is 10.3 Å². The molecule has 0 spiro atoms. The lowest BCUT2D eigenvalue weighted by Gasteiger charge is -2.17. The first-order valence-corrected chi connectivity index (χ1v) is 7.05. The van der Waals surface area contributed by atoms with E-state index in [1.165, 1.54) is 0 Å². The third-order valence-corrected chi connectivity index (χ3v) is 4.26. The molecule has 2 atom stereocenters. The van der Waals surface area contributed by atoms with E-state index in [0.717, 1.165) is 30.7 Å². The van der Waals surface area contributed by atoms with Crippen LogP contribution in [0, 0.1) is 11.8 Å². The van der Waals surface area contributed by atoms with E-state index in [0.29, 0.717) is 19.0 Å². The molecule has 3 N–H and O–H groups in total. The van der Waals surface area contributed by atoms with Crippen LogP contribution in [0.15, 0.2) is 11.6 Å². The van der Waals surface area contributed by atoms with Gasteiger partial charge in [0, 0.05) is 30.5 Å². The van der Waals surface area contributed by atoms with Gasteiger partial charge in [0.2, 0.25) is 5.91 Å². The Morgan fingerprint density at radius 2 is 2.47 bits per heavy atom. The lowest BCUT2D eigenvalue weighted by molar-refractivity contribution is -0.125. The third kappa shape index (κ3) is 3.26. The zero-order valence-electron chi connectivity index (χ0n) is 9.89. The fourth-order valence-electron chi connectivity index (χ4n) is 2.46. The molecule has 0 radical (unpaired) electrons. The SMILES string of the molecule is NCC1CCCC1C(=O)NCCc1nccs1. The van der Waals surface area contributed by atoms with Crippen LogP contribution >= 0.6 is 11.3 Å². The van der Waals surface area contributed by atoms with Crippen molar-refractivity contribution in [2.24, 2.45) is 17.6 Å². The monoisotopic (exact) mass is 253 g/mol. The summed E-state index contributed by atoms with van der Waals surface area (Å²) < 4.78 is 0. The largest absolute Gasteiger partial charge is 0.355 e. The molecule has 1 aliphatic rings. The molecule has 1 amide bonds. The number of thiazole rings is 1. The van der Waals surface area contributed by atoms with Crippen LogP contribution in [0.5, 0.6) is 0 Å². The molecular weight excluding hydrogens is 234 g/mol. The van der Waals surface area contributed by atoms with Gasteiger partial charge in [0.1, 0.15) is 0 Å². The van der Waals surface area contributed by atoms with E-state index < -0.39 is 0 Å². The summed E-state index contributed by atoms with van der Waals surface area (Å²) in [5.41, 5.74) is 5.68. The number of nitrogens with two attached hydrogens (primary N) is 1. The number of aromatic nitrogens is 1. The van der Waals surface area contributed by atoms with Gasteiger partial charge in [-0.1, -0.05) is 6.42 Å². The first kappa shape index (κ1) is 12.5. The minimum atomic E-state index is 0.135. The maximum absolute atomic E-state index is 12.0. The van der Waals surface area contributed by atoms with Crippen molar-refractivity contribution < 1.29 is 4.79 Å². The van der Waals surface area contributed by atoms with E-state index in [4.69, 9.17) is 5.73 Å². The molecule has 4 nitrogen and oxygen atoms in total. The van der Waals surface area contributed by atoms with Crippen LogP contribution in [0.25, 0.3) is 0 Å². The van der Waals surface area contributed by atoms with Crippen LogP contribution in [-0.2, 0) is 11.2 Å². The minimum Gasteiger partial charge on any atom is -0.355 e. The van der Waals surface area contributed by atoms with E-state index in [-0.39, 0.29) is 11.8 Å². The van der Waals surface area contributed by atoms with E-state index in [2.05, 4.69) is 10.3 Å². The number of carbonyl (C=O) groups excluding carboxylic acids is 1. The standard InChI is InChI=1S/C12H19N3OS/c13-8-9-2-1-3-10(9)12(16)15-5-4-11-14-6-7-17-11/h6-7,9-10H,1-5,8,13H2,(H,15,16). The number of rotatable bonds is 5. The second kappa shape index (κ2) is 6.12. The van der Waals surface area contributed by atoms with Crippen molar-refractivity contribution in [3.8, 4) is 0 Å². The van der Waals surface area contributed by atoms with Gasteiger partial charge >= 0.3 is 0 Å². The topological polar surface area (TPSA) is 68.0 Å². The average molecular weight is 253 g/mol. The Labute approximate surface area is 106 Å². The summed E-state index contributed by atoms with van der Waals surface area (Å²) in [6.45, 7) is 1.31. The molecule has 0 saturated heterocycles. The Kier molecular flexibility index (Phi) is 4.50. The molecule has 94 valence electrons. The lowest BCUT2D eigenvalue weighted by Crippen LogP contribution is -2.36. The van der Waals surface area contributed by atoms with Gasteiger partial charge in [-0.05, 0) is 25.3 Å². The molecule has 1 saturated carbocycles. The molecule has 2 unspecified atom stereocenters. The quantitative estimate of drug-likeness (QED) is 0.828. The van der Waals surface area contributed by atoms with Crippen LogP contribution in [0.4, 0.5) is 0 Å². The first-order chi connectivity index (χ1) is 8.31. The van der Waals surface area contributed by atoms with Crippen LogP contribution in [-0.4, -0.2) is 24.0 Å². The Hall–Kier alpha value is -0.940. The zero-order valence-corrected chi connectivity index (χ0v) is 10.7. The zero-order chi connectivity index (χ0) is 12.1. The van der Waals surface area contributed by atoms with Crippen LogP contribution in [0.2, 0.25) is 0 Å². The highest BCUT2D eigenvalue weighted by atomic mass is 32.1. The van der Waals surface area contributed by atoms with E-state index >= 15 is 0 Å². The Morgan fingerprint density at radius 1 is 1.59 bits per heavy atom. The van der Waals surface area contributed by atoms with Crippen molar-refractivity contribution in [2.75, 3.05) is 13.1 Å². The molecule has 5 heteroatoms. The molecule has 0 aliphatic heterocycles. The van der Waals surface area contributed by atoms with Crippen molar-refractivity contribution in [1.29, 1.82) is 0 Å². The average Bonchev–Trinajstić information content (AvgIpc) is 2.99. The normalized spacial score (nSPS) is 23.8. The fraction of sp³-hybridized carbons (Fsp3) is 0.667. The van der Waals surface area contributed by atoms with Gasteiger partial charge in [0.25, 0.3) is 0 Å². The Morgan fingerprint density at radius 3 is 3.18 bits per heavy atom. The summed E-state index contributed by atoms with van der Waals surface area (Å²) in [5, 5.41) is 6.03.